The first-order chi connectivity index (χ1) is 19.4. The van der Waals surface area contributed by atoms with Crippen LogP contribution in [0.15, 0.2) is 84.9 Å². The highest BCUT2D eigenvalue weighted by Gasteiger charge is 2.59. The Bertz CT molecular complexity index is 1310. The topological polar surface area (TPSA) is 156 Å². The number of carbonyl (C=O) groups excluding carboxylic acids is 1. The molecule has 3 N–H and O–H groups in total. The maximum absolute atomic E-state index is 13.2. The first kappa shape index (κ1) is 28.1. The van der Waals surface area contributed by atoms with Crippen molar-refractivity contribution < 1.29 is 56.3 Å². The molecule has 2 aliphatic rings. The average molecular weight is 575 g/mol. The molecule has 2 heterocycles. The second-order valence-corrected chi connectivity index (χ2v) is 10.1. The van der Waals surface area contributed by atoms with Crippen LogP contribution in [0.4, 0.5) is 0 Å². The molecule has 1 radical (unpaired) electrons. The van der Waals surface area contributed by atoms with E-state index in [0.29, 0.717) is 17.1 Å². The Morgan fingerprint density at radius 2 is 1.55 bits per heavy atom. The number of quaternary nitrogens is 1. The van der Waals surface area contributed by atoms with Crippen molar-refractivity contribution in [3.05, 3.63) is 96.1 Å². The molecule has 2 saturated heterocycles. The minimum atomic E-state index is -4.64. The molecule has 0 bridgehead atoms. The van der Waals surface area contributed by atoms with Gasteiger partial charge in [-0.25, -0.2) is 4.79 Å². The molecule has 0 aliphatic carbocycles. The highest BCUT2D eigenvalue weighted by Crippen LogP contribution is 2.38. The Morgan fingerprint density at radius 1 is 0.900 bits per heavy atom. The normalized spacial score (nSPS) is 27.6. The molecule has 3 aromatic carbocycles. The summed E-state index contributed by atoms with van der Waals surface area (Å²) in [5, 5.41) is 0. The standard InChI is InChI=1S/C27H28NO11S/c1-32-19-12-14-20(15-13-19)34-27-24(36-25(29)17-8-4-2-5-9-17)23(38-40(30,31)39-28)22-21(35-27)16-33-26(37-22)18-10-6-3-7-11-18/h2-15,21-24,26-27H,16H2,1,28H3/q+2/t21-,22+,23+,24-,26-,27-/m1/s1. The van der Waals surface area contributed by atoms with Gasteiger partial charge in [-0.1, -0.05) is 52.7 Å². The highest BCUT2D eigenvalue weighted by molar-refractivity contribution is 7.88. The molecular weight excluding hydrogens is 546 g/mol. The predicted octanol–water partition coefficient (Wildman–Crippen LogP) is 2.37. The van der Waals surface area contributed by atoms with Gasteiger partial charge in [-0.2, -0.15) is 5.90 Å². The van der Waals surface area contributed by atoms with E-state index in [1.54, 1.807) is 66.7 Å². The zero-order chi connectivity index (χ0) is 28.1. The van der Waals surface area contributed by atoms with Crippen LogP contribution < -0.4 is 15.4 Å². The second-order valence-electron chi connectivity index (χ2n) is 8.84. The molecule has 12 nitrogen and oxygen atoms in total. The van der Waals surface area contributed by atoms with Crippen molar-refractivity contribution in [3.63, 3.8) is 0 Å². The molecule has 7 atom stereocenters. The lowest BCUT2D eigenvalue weighted by Crippen LogP contribution is -2.66. The Balaban J connectivity index is 1.49. The number of benzene rings is 3. The SMILES string of the molecule is COc1ccc(O[C@@H]2O[C@@H]3CO[C@@H](c4ccccc4)O[C@@H]3[C@H](O[S+]([O])(=O)O[NH3+])[C@H]2OC(=O)c2ccccc2)cc1. The van der Waals surface area contributed by atoms with Crippen LogP contribution in [0.3, 0.4) is 0 Å². The third-order valence-electron chi connectivity index (χ3n) is 6.29. The fraction of sp³-hybridized carbons (Fsp3) is 0.296. The van der Waals surface area contributed by atoms with Gasteiger partial charge in [0, 0.05) is 9.77 Å². The van der Waals surface area contributed by atoms with Gasteiger partial charge in [-0.05, 0) is 36.4 Å². The van der Waals surface area contributed by atoms with E-state index < -0.39 is 53.7 Å². The summed E-state index contributed by atoms with van der Waals surface area (Å²) >= 11 is 0. The van der Waals surface area contributed by atoms with Crippen LogP contribution >= 0.6 is 0 Å². The molecule has 211 valence electrons. The van der Waals surface area contributed by atoms with Crippen molar-refractivity contribution in [1.29, 1.82) is 0 Å². The van der Waals surface area contributed by atoms with E-state index in [1.165, 1.54) is 7.11 Å². The van der Waals surface area contributed by atoms with Crippen LogP contribution in [0.25, 0.3) is 0 Å². The zero-order valence-electron chi connectivity index (χ0n) is 21.4. The van der Waals surface area contributed by atoms with Crippen molar-refractivity contribution in [2.75, 3.05) is 13.7 Å². The Morgan fingerprint density at radius 3 is 2.20 bits per heavy atom. The number of hydrogen-bond donors (Lipinski definition) is 1. The average Bonchev–Trinajstić information content (AvgIpc) is 2.99. The Labute approximate surface area is 231 Å². The molecule has 0 spiro atoms. The first-order valence-electron chi connectivity index (χ1n) is 12.3. The van der Waals surface area contributed by atoms with E-state index in [1.807, 2.05) is 18.2 Å². The summed E-state index contributed by atoms with van der Waals surface area (Å²) in [6.07, 6.45) is -7.03. The van der Waals surface area contributed by atoms with Gasteiger partial charge in [0.2, 0.25) is 6.29 Å². The zero-order valence-corrected chi connectivity index (χ0v) is 22.2. The predicted molar refractivity (Wildman–Crippen MR) is 136 cm³/mol. The van der Waals surface area contributed by atoms with Gasteiger partial charge in [0.1, 0.15) is 28.3 Å². The van der Waals surface area contributed by atoms with Crippen LogP contribution in [0.2, 0.25) is 0 Å². The summed E-state index contributed by atoms with van der Waals surface area (Å²) in [5.41, 5.74) is 0.906. The van der Waals surface area contributed by atoms with Crippen molar-refractivity contribution in [3.8, 4) is 11.5 Å². The van der Waals surface area contributed by atoms with Crippen molar-refractivity contribution in [2.45, 2.75) is 37.0 Å². The molecule has 5 rings (SSSR count). The smallest absolute Gasteiger partial charge is 0.497 e. The van der Waals surface area contributed by atoms with Crippen LogP contribution in [-0.4, -0.2) is 50.4 Å². The van der Waals surface area contributed by atoms with E-state index in [2.05, 4.69) is 10.2 Å². The lowest BCUT2D eigenvalue weighted by Gasteiger charge is -2.46. The summed E-state index contributed by atoms with van der Waals surface area (Å²) in [7, 11) is -3.12. The minimum absolute atomic E-state index is 0.00279. The Hall–Kier alpha value is -3.40. The molecule has 2 aliphatic heterocycles. The molecule has 1 unspecified atom stereocenters. The van der Waals surface area contributed by atoms with Crippen LogP contribution in [0, 0.1) is 0 Å². The lowest BCUT2D eigenvalue weighted by molar-refractivity contribution is -0.640. The van der Waals surface area contributed by atoms with E-state index in [4.69, 9.17) is 32.6 Å². The van der Waals surface area contributed by atoms with Gasteiger partial charge in [-0.3, -0.25) is 0 Å². The first-order valence-corrected chi connectivity index (χ1v) is 13.6. The number of methoxy groups -OCH3 is 1. The van der Waals surface area contributed by atoms with Crippen LogP contribution in [0.1, 0.15) is 22.2 Å². The minimum Gasteiger partial charge on any atom is -0.497 e. The molecule has 13 heteroatoms. The monoisotopic (exact) mass is 574 g/mol. The largest absolute Gasteiger partial charge is 0.597 e. The molecule has 0 saturated carbocycles. The van der Waals surface area contributed by atoms with Gasteiger partial charge in [0.15, 0.2) is 18.5 Å². The number of hydrogen-bond acceptors (Lipinski definition) is 10. The fourth-order valence-corrected chi connectivity index (χ4v) is 4.92. The van der Waals surface area contributed by atoms with Crippen molar-refractivity contribution in [1.82, 2.24) is 0 Å². The molecule has 0 aromatic heterocycles. The number of carbonyl (C=O) groups is 1. The maximum atomic E-state index is 13.2. The molecule has 0 amide bonds. The number of rotatable bonds is 9. The van der Waals surface area contributed by atoms with Crippen LogP contribution in [-0.2, 0) is 47.0 Å². The third-order valence-corrected chi connectivity index (χ3v) is 7.04. The Kier molecular flexibility index (Phi) is 8.73. The van der Waals surface area contributed by atoms with Crippen LogP contribution in [0.5, 0.6) is 11.5 Å². The van der Waals surface area contributed by atoms with E-state index in [0.717, 1.165) is 0 Å². The number of fused-ring (bicyclic) bond motifs is 1. The van der Waals surface area contributed by atoms with E-state index in [-0.39, 0.29) is 12.2 Å². The summed E-state index contributed by atoms with van der Waals surface area (Å²) in [6.45, 7) is -0.00279. The van der Waals surface area contributed by atoms with E-state index in [9.17, 15) is 13.6 Å². The van der Waals surface area contributed by atoms with Gasteiger partial charge in [0.05, 0.1) is 23.6 Å². The number of ether oxygens (including phenoxy) is 6. The molecule has 3 aromatic rings. The van der Waals surface area contributed by atoms with Crippen molar-refractivity contribution >= 4 is 16.7 Å². The summed E-state index contributed by atoms with van der Waals surface area (Å²) in [4.78, 5) is 13.2. The maximum Gasteiger partial charge on any atom is 0.597 e. The quantitative estimate of drug-likeness (QED) is 0.229. The summed E-state index contributed by atoms with van der Waals surface area (Å²) in [5.74, 6) is 3.13. The fourth-order valence-electron chi connectivity index (χ4n) is 4.37. The van der Waals surface area contributed by atoms with Gasteiger partial charge in [-0.15, -0.1) is 0 Å². The second kappa shape index (κ2) is 12.4. The third kappa shape index (κ3) is 6.49. The summed E-state index contributed by atoms with van der Waals surface area (Å²) in [6, 6.07) is 23.8. The van der Waals surface area contributed by atoms with Gasteiger partial charge < -0.3 is 28.4 Å². The van der Waals surface area contributed by atoms with E-state index >= 15 is 0 Å². The molecule has 40 heavy (non-hydrogen) atoms. The summed E-state index contributed by atoms with van der Waals surface area (Å²) < 4.78 is 69.9. The molecule has 2 fully saturated rings. The lowest BCUT2D eigenvalue weighted by atomic mass is 9.97. The highest BCUT2D eigenvalue weighted by atomic mass is 32.3. The number of esters is 1. The van der Waals surface area contributed by atoms with Crippen molar-refractivity contribution in [2.24, 2.45) is 0 Å². The van der Waals surface area contributed by atoms with Gasteiger partial charge >= 0.3 is 16.7 Å². The molecular formula is C27H28NO11S+2. The van der Waals surface area contributed by atoms with Gasteiger partial charge in [0.25, 0.3) is 0 Å².